The molecule has 1 aliphatic carbocycles. The number of nitrogens with zero attached hydrogens (tertiary/aromatic N) is 2. The van der Waals surface area contributed by atoms with Crippen LogP contribution in [0.25, 0.3) is 22.2 Å². The molecule has 4 N–H and O–H groups in total. The molecule has 1 aliphatic rings. The monoisotopic (exact) mass is 434 g/mol. The number of hydrogen-bond acceptors (Lipinski definition) is 5. The molecule has 0 aliphatic heterocycles. The van der Waals surface area contributed by atoms with Crippen LogP contribution in [0.2, 0.25) is 5.02 Å². The number of pyridine rings is 3. The molecule has 0 saturated heterocycles. The van der Waals surface area contributed by atoms with E-state index in [-0.39, 0.29) is 34.4 Å². The van der Waals surface area contributed by atoms with Crippen LogP contribution in [0.4, 0.5) is 8.78 Å². The maximum atomic E-state index is 13.8. The number of fused-ring (bicyclic) bond motifs is 1. The summed E-state index contributed by atoms with van der Waals surface area (Å²) in [6.07, 6.45) is -0.132. The summed E-state index contributed by atoms with van der Waals surface area (Å²) in [7, 11) is 0. The van der Waals surface area contributed by atoms with Crippen molar-refractivity contribution in [2.24, 2.45) is 5.73 Å². The molecule has 1 unspecified atom stereocenters. The Bertz CT molecular complexity index is 1210. The molecule has 158 valence electrons. The van der Waals surface area contributed by atoms with Gasteiger partial charge in [0.25, 0.3) is 0 Å². The van der Waals surface area contributed by atoms with Crippen LogP contribution >= 0.6 is 11.6 Å². The maximum Gasteiger partial charge on any atom is 0.249 e. The maximum absolute atomic E-state index is 13.8. The van der Waals surface area contributed by atoms with Crippen molar-refractivity contribution >= 4 is 22.5 Å². The van der Waals surface area contributed by atoms with Crippen molar-refractivity contribution in [1.29, 1.82) is 0 Å². The van der Waals surface area contributed by atoms with Crippen LogP contribution in [0.3, 0.4) is 0 Å². The van der Waals surface area contributed by atoms with E-state index in [9.17, 15) is 18.7 Å². The molecule has 4 rings (SSSR count). The van der Waals surface area contributed by atoms with Crippen molar-refractivity contribution in [3.05, 3.63) is 56.7 Å². The second-order valence-electron chi connectivity index (χ2n) is 8.16. The van der Waals surface area contributed by atoms with Crippen molar-refractivity contribution in [3.63, 3.8) is 0 Å². The number of rotatable bonds is 3. The fourth-order valence-corrected chi connectivity index (χ4v) is 4.66. The van der Waals surface area contributed by atoms with E-state index >= 15 is 0 Å². The van der Waals surface area contributed by atoms with Gasteiger partial charge < -0.3 is 15.8 Å². The highest BCUT2D eigenvalue weighted by Crippen LogP contribution is 2.50. The number of aromatic nitrogens is 3. The van der Waals surface area contributed by atoms with E-state index in [1.54, 1.807) is 26.0 Å². The highest BCUT2D eigenvalue weighted by atomic mass is 35.5. The minimum Gasteiger partial charge on any atom is -0.373 e. The van der Waals surface area contributed by atoms with E-state index in [0.29, 0.717) is 34.6 Å². The fourth-order valence-electron chi connectivity index (χ4n) is 4.28. The van der Waals surface area contributed by atoms with E-state index < -0.39 is 17.6 Å². The molecule has 0 aromatic carbocycles. The van der Waals surface area contributed by atoms with Crippen molar-refractivity contribution in [3.8, 4) is 11.3 Å². The van der Waals surface area contributed by atoms with Crippen LogP contribution in [-0.2, 0) is 5.41 Å². The van der Waals surface area contributed by atoms with Gasteiger partial charge in [-0.2, -0.15) is 0 Å². The van der Waals surface area contributed by atoms with Gasteiger partial charge in [-0.05, 0) is 25.5 Å². The molecule has 9 heteroatoms. The van der Waals surface area contributed by atoms with Crippen molar-refractivity contribution < 1.29 is 13.9 Å². The Hall–Kier alpha value is -2.42. The van der Waals surface area contributed by atoms with E-state index in [2.05, 4.69) is 15.0 Å². The van der Waals surface area contributed by atoms with Crippen LogP contribution < -0.4 is 11.2 Å². The number of aromatic amines is 1. The Morgan fingerprint density at radius 2 is 2.07 bits per heavy atom. The van der Waals surface area contributed by atoms with Crippen LogP contribution in [0, 0.1) is 6.92 Å². The van der Waals surface area contributed by atoms with Gasteiger partial charge in [-0.1, -0.05) is 18.5 Å². The minimum absolute atomic E-state index is 0.0820. The molecule has 3 aromatic rings. The quantitative estimate of drug-likeness (QED) is 0.541. The molecular formula is C21H21ClF2N4O2. The number of aliphatic hydroxyl groups excluding tert-OH is 1. The normalized spacial score (nSPS) is 21.8. The molecule has 0 amide bonds. The predicted molar refractivity (Wildman–Crippen MR) is 111 cm³/mol. The standard InChI is InChI=1S/C21H21ClF2N4O2/c1-10-11(7-12(22)18(27-10)20(2)4-5-21(23,24)9-20)14-8-15(29)16-13(28-14)3-6-26-17(16)19(25)30/h3,6-8,19,30H,4-5,9,25H2,1-2H3,(H,28,29)/t19?,20-/m0/s1. The number of hydrogen-bond donors (Lipinski definition) is 3. The zero-order valence-corrected chi connectivity index (χ0v) is 17.2. The molecule has 1 saturated carbocycles. The summed E-state index contributed by atoms with van der Waals surface area (Å²) < 4.78 is 27.7. The molecule has 1 fully saturated rings. The van der Waals surface area contributed by atoms with Crippen molar-refractivity contribution in [1.82, 2.24) is 15.0 Å². The average molecular weight is 435 g/mol. The van der Waals surface area contributed by atoms with Crippen LogP contribution in [-0.4, -0.2) is 26.0 Å². The number of aliphatic hydroxyl groups is 1. The van der Waals surface area contributed by atoms with Gasteiger partial charge in [0.05, 0.1) is 33.0 Å². The summed E-state index contributed by atoms with van der Waals surface area (Å²) in [5, 5.41) is 10.2. The number of nitrogens with two attached hydrogens (primary N) is 1. The molecule has 0 radical (unpaired) electrons. The average Bonchev–Trinajstić information content (AvgIpc) is 2.96. The van der Waals surface area contributed by atoms with Crippen LogP contribution in [0.1, 0.15) is 49.5 Å². The van der Waals surface area contributed by atoms with Gasteiger partial charge >= 0.3 is 0 Å². The summed E-state index contributed by atoms with van der Waals surface area (Å²) in [4.78, 5) is 24.4. The van der Waals surface area contributed by atoms with E-state index in [4.69, 9.17) is 17.3 Å². The number of alkyl halides is 2. The third kappa shape index (κ3) is 3.49. The molecule has 3 aromatic heterocycles. The van der Waals surface area contributed by atoms with Crippen LogP contribution in [0.5, 0.6) is 0 Å². The SMILES string of the molecule is Cc1nc([C@@]2(C)CCC(F)(F)C2)c(Cl)cc1-c1cc(=O)c2c(C(N)O)nccc2[nH]1. The largest absolute Gasteiger partial charge is 0.373 e. The Kier molecular flexibility index (Phi) is 4.91. The molecule has 0 bridgehead atoms. The first-order valence-corrected chi connectivity index (χ1v) is 9.90. The highest BCUT2D eigenvalue weighted by Gasteiger charge is 2.49. The number of nitrogens with one attached hydrogen (secondary N) is 1. The van der Waals surface area contributed by atoms with Crippen LogP contribution in [0.15, 0.2) is 29.2 Å². The lowest BCUT2D eigenvalue weighted by atomic mass is 9.84. The second-order valence-corrected chi connectivity index (χ2v) is 8.56. The minimum atomic E-state index is -2.73. The first-order valence-electron chi connectivity index (χ1n) is 9.52. The summed E-state index contributed by atoms with van der Waals surface area (Å²) in [5.41, 5.74) is 6.94. The van der Waals surface area contributed by atoms with E-state index in [1.807, 2.05) is 0 Å². The van der Waals surface area contributed by atoms with Gasteiger partial charge in [-0.3, -0.25) is 14.8 Å². The number of halogens is 3. The summed E-state index contributed by atoms with van der Waals surface area (Å²) >= 11 is 6.48. The van der Waals surface area contributed by atoms with Gasteiger partial charge in [0.2, 0.25) is 5.92 Å². The van der Waals surface area contributed by atoms with Gasteiger partial charge in [0, 0.05) is 41.8 Å². The van der Waals surface area contributed by atoms with Crippen molar-refractivity contribution in [2.75, 3.05) is 0 Å². The molecule has 6 nitrogen and oxygen atoms in total. The zero-order chi connectivity index (χ0) is 21.8. The molecular weight excluding hydrogens is 414 g/mol. The molecule has 30 heavy (non-hydrogen) atoms. The number of H-pyrrole nitrogens is 1. The second kappa shape index (κ2) is 7.08. The lowest BCUT2D eigenvalue weighted by molar-refractivity contribution is 0.00335. The van der Waals surface area contributed by atoms with Gasteiger partial charge in [-0.25, -0.2) is 8.78 Å². The van der Waals surface area contributed by atoms with E-state index in [1.165, 1.54) is 12.3 Å². The summed E-state index contributed by atoms with van der Waals surface area (Å²) in [6, 6.07) is 4.62. The Morgan fingerprint density at radius 3 is 2.70 bits per heavy atom. The summed E-state index contributed by atoms with van der Waals surface area (Å²) in [6.45, 7) is 3.50. The molecule has 0 spiro atoms. The smallest absolute Gasteiger partial charge is 0.249 e. The first-order chi connectivity index (χ1) is 14.0. The number of aryl methyl sites for hydroxylation is 1. The third-order valence-electron chi connectivity index (χ3n) is 5.77. The van der Waals surface area contributed by atoms with Crippen molar-refractivity contribution in [2.45, 2.75) is 50.7 Å². The predicted octanol–water partition coefficient (Wildman–Crippen LogP) is 3.97. The lowest BCUT2D eigenvalue weighted by Crippen LogP contribution is -2.23. The fraction of sp³-hybridized carbons (Fsp3) is 0.381. The molecule has 3 heterocycles. The van der Waals surface area contributed by atoms with Gasteiger partial charge in [-0.15, -0.1) is 0 Å². The third-order valence-corrected chi connectivity index (χ3v) is 6.06. The highest BCUT2D eigenvalue weighted by molar-refractivity contribution is 6.31. The first kappa shape index (κ1) is 20.8. The summed E-state index contributed by atoms with van der Waals surface area (Å²) in [5.74, 6) is -2.73. The Morgan fingerprint density at radius 1 is 1.33 bits per heavy atom. The van der Waals surface area contributed by atoms with Gasteiger partial charge in [0.1, 0.15) is 6.23 Å². The Labute approximate surface area is 176 Å². The zero-order valence-electron chi connectivity index (χ0n) is 16.5. The molecule has 2 atom stereocenters. The topological polar surface area (TPSA) is 105 Å². The lowest BCUT2D eigenvalue weighted by Gasteiger charge is -2.25. The van der Waals surface area contributed by atoms with Gasteiger partial charge in [0.15, 0.2) is 5.43 Å². The van der Waals surface area contributed by atoms with E-state index in [0.717, 1.165) is 0 Å². The Balaban J connectivity index is 1.83.